The second-order valence-corrected chi connectivity index (χ2v) is 6.43. The maximum atomic E-state index is 12.2. The van der Waals surface area contributed by atoms with Gasteiger partial charge in [0.25, 0.3) is 5.91 Å². The maximum Gasteiger partial charge on any atom is 0.263 e. The molecule has 1 fully saturated rings. The minimum Gasteiger partial charge on any atom is -0.484 e. The van der Waals surface area contributed by atoms with E-state index in [9.17, 15) is 20.1 Å². The van der Waals surface area contributed by atoms with Gasteiger partial charge in [0.15, 0.2) is 29.8 Å². The van der Waals surface area contributed by atoms with E-state index in [0.717, 1.165) is 0 Å². The number of rotatable bonds is 6. The summed E-state index contributed by atoms with van der Waals surface area (Å²) in [6.07, 6.45) is -1.86. The van der Waals surface area contributed by atoms with Crippen LogP contribution in [0.25, 0.3) is 11.2 Å². The molecule has 1 aromatic carbocycles. The minimum absolute atomic E-state index is 0.169. The van der Waals surface area contributed by atoms with Crippen LogP contribution < -0.4 is 10.1 Å². The molecule has 11 nitrogen and oxygen atoms in total. The molecule has 29 heavy (non-hydrogen) atoms. The first-order valence-corrected chi connectivity index (χ1v) is 8.86. The molecule has 3 aromatic rings. The molecule has 11 heteroatoms. The Balaban J connectivity index is 1.51. The van der Waals surface area contributed by atoms with Crippen LogP contribution in [0.4, 0.5) is 5.82 Å². The first-order valence-electron chi connectivity index (χ1n) is 8.86. The quantitative estimate of drug-likeness (QED) is 0.426. The van der Waals surface area contributed by atoms with E-state index < -0.39 is 37.1 Å². The molecular formula is C18H19N5O6. The van der Waals surface area contributed by atoms with Crippen LogP contribution in [0.2, 0.25) is 0 Å². The van der Waals surface area contributed by atoms with Crippen LogP contribution in [0, 0.1) is 0 Å². The van der Waals surface area contributed by atoms with E-state index in [1.165, 1.54) is 17.2 Å². The molecule has 0 bridgehead atoms. The summed E-state index contributed by atoms with van der Waals surface area (Å²) in [5, 5.41) is 32.0. The molecule has 4 rings (SSSR count). The zero-order chi connectivity index (χ0) is 20.4. The van der Waals surface area contributed by atoms with Crippen LogP contribution in [-0.4, -0.2) is 72.3 Å². The summed E-state index contributed by atoms with van der Waals surface area (Å²) in [7, 11) is 0. The number of fused-ring (bicyclic) bond motifs is 1. The van der Waals surface area contributed by atoms with E-state index in [1.54, 1.807) is 24.3 Å². The number of aliphatic hydroxyl groups is 3. The number of amides is 1. The molecule has 0 saturated carbocycles. The van der Waals surface area contributed by atoms with Gasteiger partial charge in [0.1, 0.15) is 30.4 Å². The third-order valence-corrected chi connectivity index (χ3v) is 4.52. The number of aromatic nitrogens is 4. The van der Waals surface area contributed by atoms with Crippen molar-refractivity contribution in [2.24, 2.45) is 0 Å². The zero-order valence-electron chi connectivity index (χ0n) is 15.1. The smallest absolute Gasteiger partial charge is 0.263 e. The van der Waals surface area contributed by atoms with E-state index >= 15 is 0 Å². The number of hydrogen-bond acceptors (Lipinski definition) is 9. The molecule has 3 heterocycles. The van der Waals surface area contributed by atoms with Gasteiger partial charge in [0.05, 0.1) is 12.9 Å². The number of carbonyl (C=O) groups is 1. The van der Waals surface area contributed by atoms with Crippen molar-refractivity contribution < 1.29 is 29.6 Å². The monoisotopic (exact) mass is 401 g/mol. The number of ether oxygens (including phenoxy) is 2. The number of para-hydroxylation sites is 1. The lowest BCUT2D eigenvalue weighted by atomic mass is 10.1. The van der Waals surface area contributed by atoms with Crippen LogP contribution in [0.3, 0.4) is 0 Å². The van der Waals surface area contributed by atoms with Crippen molar-refractivity contribution in [3.63, 3.8) is 0 Å². The first kappa shape index (κ1) is 19.2. The average molecular weight is 401 g/mol. The van der Waals surface area contributed by atoms with E-state index in [0.29, 0.717) is 5.75 Å². The van der Waals surface area contributed by atoms with Crippen molar-refractivity contribution in [3.05, 3.63) is 43.0 Å². The molecule has 0 radical (unpaired) electrons. The second-order valence-electron chi connectivity index (χ2n) is 6.43. The number of nitrogens with zero attached hydrogens (tertiary/aromatic N) is 4. The predicted octanol–water partition coefficient (Wildman–Crippen LogP) is -0.545. The summed E-state index contributed by atoms with van der Waals surface area (Å²) in [4.78, 5) is 24.6. The van der Waals surface area contributed by atoms with Gasteiger partial charge in [0.2, 0.25) is 0 Å². The minimum atomic E-state index is -1.28. The SMILES string of the molecule is O=C(COc1ccccc1)Nc1ncnc2c1ncn2[C@@H]1O[C@H](CO)[C@@H](O)[C@H]1O. The highest BCUT2D eigenvalue weighted by Gasteiger charge is 2.44. The Morgan fingerprint density at radius 2 is 1.97 bits per heavy atom. The van der Waals surface area contributed by atoms with Gasteiger partial charge in [-0.05, 0) is 12.1 Å². The Morgan fingerprint density at radius 1 is 1.17 bits per heavy atom. The molecule has 2 aromatic heterocycles. The number of benzene rings is 1. The predicted molar refractivity (Wildman–Crippen MR) is 98.9 cm³/mol. The van der Waals surface area contributed by atoms with Crippen molar-refractivity contribution in [3.8, 4) is 5.75 Å². The van der Waals surface area contributed by atoms with E-state index in [2.05, 4.69) is 20.3 Å². The molecular weight excluding hydrogens is 382 g/mol. The third-order valence-electron chi connectivity index (χ3n) is 4.52. The number of aliphatic hydroxyl groups excluding tert-OH is 3. The van der Waals surface area contributed by atoms with Crippen LogP contribution in [0.5, 0.6) is 5.75 Å². The normalized spacial score (nSPS) is 24.0. The molecule has 0 unspecified atom stereocenters. The van der Waals surface area contributed by atoms with Crippen molar-refractivity contribution in [1.82, 2.24) is 19.5 Å². The van der Waals surface area contributed by atoms with Crippen LogP contribution in [0.15, 0.2) is 43.0 Å². The van der Waals surface area contributed by atoms with Gasteiger partial charge < -0.3 is 30.1 Å². The first-order chi connectivity index (χ1) is 14.1. The zero-order valence-corrected chi connectivity index (χ0v) is 15.1. The summed E-state index contributed by atoms with van der Waals surface area (Å²) in [5.74, 6) is 0.294. The Hall–Kier alpha value is -3.12. The number of imidazole rings is 1. The Labute approximate surface area is 164 Å². The Morgan fingerprint density at radius 3 is 2.69 bits per heavy atom. The van der Waals surface area contributed by atoms with E-state index in [4.69, 9.17) is 9.47 Å². The third kappa shape index (κ3) is 3.76. The highest BCUT2D eigenvalue weighted by molar-refractivity contribution is 5.97. The van der Waals surface area contributed by atoms with Gasteiger partial charge in [-0.15, -0.1) is 0 Å². The van der Waals surface area contributed by atoms with E-state index in [1.807, 2.05) is 6.07 Å². The van der Waals surface area contributed by atoms with Gasteiger partial charge in [-0.3, -0.25) is 9.36 Å². The lowest BCUT2D eigenvalue weighted by molar-refractivity contribution is -0.118. The highest BCUT2D eigenvalue weighted by Crippen LogP contribution is 2.32. The lowest BCUT2D eigenvalue weighted by Crippen LogP contribution is -2.33. The van der Waals surface area contributed by atoms with E-state index in [-0.39, 0.29) is 23.6 Å². The van der Waals surface area contributed by atoms with Crippen LogP contribution >= 0.6 is 0 Å². The maximum absolute atomic E-state index is 12.2. The Kier molecular flexibility index (Phi) is 5.36. The van der Waals surface area contributed by atoms with Gasteiger partial charge in [-0.2, -0.15) is 0 Å². The highest BCUT2D eigenvalue weighted by atomic mass is 16.6. The topological polar surface area (TPSA) is 152 Å². The molecule has 4 atom stereocenters. The summed E-state index contributed by atoms with van der Waals surface area (Å²) < 4.78 is 12.3. The summed E-state index contributed by atoms with van der Waals surface area (Å²) >= 11 is 0. The molecule has 4 N–H and O–H groups in total. The second kappa shape index (κ2) is 8.09. The molecule has 1 amide bonds. The molecule has 0 aliphatic carbocycles. The number of hydrogen-bond donors (Lipinski definition) is 4. The number of nitrogens with one attached hydrogen (secondary N) is 1. The summed E-state index contributed by atoms with van der Waals surface area (Å²) in [6.45, 7) is -0.663. The lowest BCUT2D eigenvalue weighted by Gasteiger charge is -2.16. The Bertz CT molecular complexity index is 997. The largest absolute Gasteiger partial charge is 0.484 e. The van der Waals surface area contributed by atoms with Gasteiger partial charge in [0, 0.05) is 0 Å². The van der Waals surface area contributed by atoms with Crippen LogP contribution in [-0.2, 0) is 9.53 Å². The van der Waals surface area contributed by atoms with Crippen molar-refractivity contribution >= 4 is 22.9 Å². The summed E-state index contributed by atoms with van der Waals surface area (Å²) in [5.41, 5.74) is 0.562. The standard InChI is InChI=1S/C18H19N5O6/c24-6-11-14(26)15(27)18(29-11)23-9-21-13-16(19-8-20-17(13)23)22-12(25)7-28-10-4-2-1-3-5-10/h1-5,8-9,11,14-15,18,24,26-27H,6-7H2,(H,19,20,22,25)/t11-,14-,15-,18-/m1/s1. The van der Waals surface area contributed by atoms with Crippen molar-refractivity contribution in [1.29, 1.82) is 0 Å². The van der Waals surface area contributed by atoms with Crippen molar-refractivity contribution in [2.75, 3.05) is 18.5 Å². The molecule has 0 spiro atoms. The molecule has 1 aliphatic heterocycles. The summed E-state index contributed by atoms with van der Waals surface area (Å²) in [6, 6.07) is 8.91. The van der Waals surface area contributed by atoms with Crippen molar-refractivity contribution in [2.45, 2.75) is 24.5 Å². The molecule has 1 saturated heterocycles. The van der Waals surface area contributed by atoms with Gasteiger partial charge in [-0.25, -0.2) is 15.0 Å². The van der Waals surface area contributed by atoms with Gasteiger partial charge in [-0.1, -0.05) is 18.2 Å². The fourth-order valence-electron chi connectivity index (χ4n) is 3.07. The number of anilines is 1. The van der Waals surface area contributed by atoms with Gasteiger partial charge >= 0.3 is 0 Å². The molecule has 1 aliphatic rings. The van der Waals surface area contributed by atoms with Crippen LogP contribution in [0.1, 0.15) is 6.23 Å². The fraction of sp³-hybridized carbons (Fsp3) is 0.333. The number of carbonyl (C=O) groups excluding carboxylic acids is 1. The average Bonchev–Trinajstić information content (AvgIpc) is 3.29. The molecule has 152 valence electrons. The fourth-order valence-corrected chi connectivity index (χ4v) is 3.07.